The second-order valence-corrected chi connectivity index (χ2v) is 2.65. The van der Waals surface area contributed by atoms with Gasteiger partial charge in [-0.25, -0.2) is 9.18 Å². The maximum absolute atomic E-state index is 13.0. The Kier molecular flexibility index (Phi) is 1.60. The van der Waals surface area contributed by atoms with Crippen LogP contribution in [0.1, 0.15) is 0 Å². The molecule has 1 aromatic heterocycles. The highest BCUT2D eigenvalue weighted by Gasteiger charge is 2.16. The van der Waals surface area contributed by atoms with Crippen LogP contribution in [-0.4, -0.2) is 14.9 Å². The molecule has 0 aliphatic carbocycles. The minimum absolute atomic E-state index is 0.125. The minimum atomic E-state index is -0.705. The minimum Gasteiger partial charge on any atom is -0.303 e. The lowest BCUT2D eigenvalue weighted by molar-refractivity contribution is -0.383. The van der Waals surface area contributed by atoms with Crippen molar-refractivity contribution >= 4 is 16.7 Å². The molecular weight excluding hydrogens is 193 g/mol. The van der Waals surface area contributed by atoms with Gasteiger partial charge in [0.1, 0.15) is 16.9 Å². The van der Waals surface area contributed by atoms with E-state index in [0.717, 1.165) is 12.1 Å². The summed E-state index contributed by atoms with van der Waals surface area (Å²) in [5.41, 5.74) is -1.31. The fourth-order valence-corrected chi connectivity index (χ4v) is 1.23. The molecular formula is C7H4FN3O3. The van der Waals surface area contributed by atoms with Crippen molar-refractivity contribution in [1.29, 1.82) is 0 Å². The molecule has 0 bridgehead atoms. The number of hydrogen-bond donors (Lipinski definition) is 2. The Morgan fingerprint density at radius 3 is 2.57 bits per heavy atom. The van der Waals surface area contributed by atoms with Crippen LogP contribution in [0.2, 0.25) is 0 Å². The monoisotopic (exact) mass is 197 g/mol. The van der Waals surface area contributed by atoms with Crippen molar-refractivity contribution in [2.75, 3.05) is 0 Å². The third kappa shape index (κ3) is 1.06. The van der Waals surface area contributed by atoms with Gasteiger partial charge in [-0.2, -0.15) is 0 Å². The van der Waals surface area contributed by atoms with E-state index in [0.29, 0.717) is 0 Å². The topological polar surface area (TPSA) is 91.8 Å². The molecule has 0 unspecified atom stereocenters. The molecule has 2 N–H and O–H groups in total. The van der Waals surface area contributed by atoms with E-state index in [1.807, 2.05) is 0 Å². The lowest BCUT2D eigenvalue weighted by Gasteiger charge is -1.93. The summed E-state index contributed by atoms with van der Waals surface area (Å²) in [7, 11) is 0. The fourth-order valence-electron chi connectivity index (χ4n) is 1.23. The average Bonchev–Trinajstić information content (AvgIpc) is 2.47. The quantitative estimate of drug-likeness (QED) is 0.525. The standard InChI is InChI=1S/C7H4FN3O3/c8-3-1-2-4(11(13)14)6-5(3)9-7(12)10-6/h1-2H,(H2,9,10,12). The van der Waals surface area contributed by atoms with Gasteiger partial charge in [-0.15, -0.1) is 0 Å². The van der Waals surface area contributed by atoms with Gasteiger partial charge in [-0.3, -0.25) is 15.1 Å². The van der Waals surface area contributed by atoms with Crippen molar-refractivity contribution in [2.45, 2.75) is 0 Å². The number of nitro benzene ring substituents is 1. The average molecular weight is 197 g/mol. The Labute approximate surface area is 75.5 Å². The summed E-state index contributed by atoms with van der Waals surface area (Å²) in [6.45, 7) is 0. The largest absolute Gasteiger partial charge is 0.324 e. The lowest BCUT2D eigenvalue weighted by atomic mass is 10.2. The number of halogens is 1. The molecule has 0 radical (unpaired) electrons. The number of imidazole rings is 1. The van der Waals surface area contributed by atoms with E-state index >= 15 is 0 Å². The zero-order valence-electron chi connectivity index (χ0n) is 6.70. The molecule has 0 spiro atoms. The summed E-state index contributed by atoms with van der Waals surface area (Å²) >= 11 is 0. The summed E-state index contributed by atoms with van der Waals surface area (Å²) in [5, 5.41) is 10.5. The maximum Gasteiger partial charge on any atom is 0.324 e. The number of nitrogens with zero attached hydrogens (tertiary/aromatic N) is 1. The van der Waals surface area contributed by atoms with Gasteiger partial charge in [0.25, 0.3) is 5.69 Å². The molecule has 72 valence electrons. The molecule has 2 aromatic rings. The van der Waals surface area contributed by atoms with Gasteiger partial charge in [-0.05, 0) is 6.07 Å². The number of hydrogen-bond acceptors (Lipinski definition) is 3. The van der Waals surface area contributed by atoms with E-state index in [1.54, 1.807) is 0 Å². The summed E-state index contributed by atoms with van der Waals surface area (Å²) in [6, 6.07) is 1.94. The van der Waals surface area contributed by atoms with Crippen molar-refractivity contribution < 1.29 is 9.31 Å². The summed E-state index contributed by atoms with van der Waals surface area (Å²) < 4.78 is 13.0. The molecule has 0 aliphatic heterocycles. The van der Waals surface area contributed by atoms with Crippen LogP contribution < -0.4 is 5.69 Å². The Balaban J connectivity index is 2.94. The number of H-pyrrole nitrogens is 2. The first-order valence-corrected chi connectivity index (χ1v) is 3.64. The van der Waals surface area contributed by atoms with Gasteiger partial charge in [-0.1, -0.05) is 0 Å². The molecule has 7 heteroatoms. The Hall–Kier alpha value is -2.18. The summed E-state index contributed by atoms with van der Waals surface area (Å²) in [5.74, 6) is -0.705. The predicted octanol–water partition coefficient (Wildman–Crippen LogP) is 0.903. The van der Waals surface area contributed by atoms with Crippen LogP contribution in [0.15, 0.2) is 16.9 Å². The SMILES string of the molecule is O=c1[nH]c2c(F)ccc([N+](=O)[O-])c2[nH]1. The first-order chi connectivity index (χ1) is 6.59. The summed E-state index contributed by atoms with van der Waals surface area (Å²) in [4.78, 5) is 24.9. The molecule has 0 amide bonds. The number of fused-ring (bicyclic) bond motifs is 1. The van der Waals surface area contributed by atoms with E-state index in [1.165, 1.54) is 0 Å². The highest BCUT2D eigenvalue weighted by atomic mass is 19.1. The van der Waals surface area contributed by atoms with Crippen molar-refractivity contribution in [3.05, 3.63) is 38.5 Å². The first kappa shape index (κ1) is 8.42. The van der Waals surface area contributed by atoms with Crippen LogP contribution in [0.25, 0.3) is 11.0 Å². The number of nitro groups is 1. The molecule has 0 aliphatic rings. The normalized spacial score (nSPS) is 10.6. The van der Waals surface area contributed by atoms with Crippen LogP contribution in [0, 0.1) is 15.9 Å². The first-order valence-electron chi connectivity index (χ1n) is 3.64. The van der Waals surface area contributed by atoms with Gasteiger partial charge in [0, 0.05) is 6.07 Å². The van der Waals surface area contributed by atoms with Gasteiger partial charge >= 0.3 is 5.69 Å². The fraction of sp³-hybridized carbons (Fsp3) is 0. The highest BCUT2D eigenvalue weighted by molar-refractivity contribution is 5.84. The van der Waals surface area contributed by atoms with Gasteiger partial charge in [0.2, 0.25) is 0 Å². The maximum atomic E-state index is 13.0. The van der Waals surface area contributed by atoms with Crippen LogP contribution in [0.4, 0.5) is 10.1 Å². The molecule has 0 atom stereocenters. The number of aromatic nitrogens is 2. The highest BCUT2D eigenvalue weighted by Crippen LogP contribution is 2.22. The van der Waals surface area contributed by atoms with E-state index in [9.17, 15) is 19.3 Å². The van der Waals surface area contributed by atoms with Crippen LogP contribution in [0.3, 0.4) is 0 Å². The second-order valence-electron chi connectivity index (χ2n) is 2.65. The van der Waals surface area contributed by atoms with E-state index in [-0.39, 0.29) is 16.7 Å². The van der Waals surface area contributed by atoms with Crippen LogP contribution >= 0.6 is 0 Å². The zero-order valence-corrected chi connectivity index (χ0v) is 6.70. The van der Waals surface area contributed by atoms with E-state index in [2.05, 4.69) is 9.97 Å². The second kappa shape index (κ2) is 2.66. The smallest absolute Gasteiger partial charge is 0.303 e. The molecule has 1 heterocycles. The van der Waals surface area contributed by atoms with Crippen LogP contribution in [-0.2, 0) is 0 Å². The molecule has 0 saturated carbocycles. The molecule has 14 heavy (non-hydrogen) atoms. The third-order valence-electron chi connectivity index (χ3n) is 1.81. The number of benzene rings is 1. The number of aromatic amines is 2. The van der Waals surface area contributed by atoms with Gasteiger partial charge in [0.05, 0.1) is 4.92 Å². The number of nitrogens with one attached hydrogen (secondary N) is 2. The molecule has 1 aromatic carbocycles. The number of rotatable bonds is 1. The molecule has 2 rings (SSSR count). The Morgan fingerprint density at radius 2 is 1.93 bits per heavy atom. The lowest BCUT2D eigenvalue weighted by Crippen LogP contribution is -1.99. The van der Waals surface area contributed by atoms with E-state index < -0.39 is 16.4 Å². The van der Waals surface area contributed by atoms with Crippen LogP contribution in [0.5, 0.6) is 0 Å². The number of non-ortho nitro benzene ring substituents is 1. The van der Waals surface area contributed by atoms with Crippen molar-refractivity contribution in [2.24, 2.45) is 0 Å². The predicted molar refractivity (Wildman–Crippen MR) is 45.5 cm³/mol. The summed E-state index contributed by atoms with van der Waals surface area (Å²) in [6.07, 6.45) is 0. The zero-order chi connectivity index (χ0) is 10.3. The van der Waals surface area contributed by atoms with Gasteiger partial charge in [0.15, 0.2) is 0 Å². The molecule has 0 saturated heterocycles. The van der Waals surface area contributed by atoms with Crippen molar-refractivity contribution in [1.82, 2.24) is 9.97 Å². The molecule has 6 nitrogen and oxygen atoms in total. The Morgan fingerprint density at radius 1 is 1.29 bits per heavy atom. The van der Waals surface area contributed by atoms with Crippen molar-refractivity contribution in [3.8, 4) is 0 Å². The Bertz CT molecular complexity index is 571. The van der Waals surface area contributed by atoms with Crippen molar-refractivity contribution in [3.63, 3.8) is 0 Å². The third-order valence-corrected chi connectivity index (χ3v) is 1.81. The van der Waals surface area contributed by atoms with Gasteiger partial charge < -0.3 is 4.98 Å². The molecule has 0 fully saturated rings. The van der Waals surface area contributed by atoms with E-state index in [4.69, 9.17) is 0 Å².